The molecular formula is C26H30O2. The second-order valence-electron chi connectivity index (χ2n) is 9.58. The van der Waals surface area contributed by atoms with Crippen LogP contribution in [0.1, 0.15) is 73.5 Å². The van der Waals surface area contributed by atoms with E-state index in [0.29, 0.717) is 24.5 Å². The summed E-state index contributed by atoms with van der Waals surface area (Å²) in [4.78, 5) is 0. The van der Waals surface area contributed by atoms with Crippen molar-refractivity contribution in [1.29, 1.82) is 0 Å². The van der Waals surface area contributed by atoms with Crippen LogP contribution in [0, 0.1) is 11.3 Å². The molecule has 0 bridgehead atoms. The highest BCUT2D eigenvalue weighted by molar-refractivity contribution is 5.46. The predicted octanol–water partition coefficient (Wildman–Crippen LogP) is 6.24. The van der Waals surface area contributed by atoms with E-state index in [4.69, 9.17) is 9.47 Å². The summed E-state index contributed by atoms with van der Waals surface area (Å²) in [5, 5.41) is 0. The molecule has 3 atom stereocenters. The highest BCUT2D eigenvalue weighted by atomic mass is 16.6. The van der Waals surface area contributed by atoms with Crippen LogP contribution in [-0.4, -0.2) is 13.2 Å². The van der Waals surface area contributed by atoms with Gasteiger partial charge in [-0.15, -0.1) is 0 Å². The summed E-state index contributed by atoms with van der Waals surface area (Å²) in [6, 6.07) is 16.1. The van der Waals surface area contributed by atoms with E-state index in [-0.39, 0.29) is 0 Å². The Morgan fingerprint density at radius 2 is 1.64 bits per heavy atom. The molecule has 2 fully saturated rings. The van der Waals surface area contributed by atoms with Gasteiger partial charge in [0.25, 0.3) is 0 Å². The molecule has 2 aromatic rings. The molecule has 146 valence electrons. The van der Waals surface area contributed by atoms with E-state index in [9.17, 15) is 0 Å². The van der Waals surface area contributed by atoms with E-state index in [0.717, 1.165) is 23.3 Å². The molecule has 2 unspecified atom stereocenters. The smallest absolute Gasteiger partial charge is 0.161 e. The summed E-state index contributed by atoms with van der Waals surface area (Å²) in [5.41, 5.74) is 5.32. The van der Waals surface area contributed by atoms with Gasteiger partial charge in [-0.3, -0.25) is 0 Å². The Balaban J connectivity index is 1.37. The van der Waals surface area contributed by atoms with Crippen LogP contribution in [0.15, 0.2) is 42.5 Å². The van der Waals surface area contributed by atoms with E-state index in [1.54, 1.807) is 11.1 Å². The molecule has 0 amide bonds. The highest BCUT2D eigenvalue weighted by Gasteiger charge is 2.51. The zero-order chi connectivity index (χ0) is 18.6. The minimum atomic E-state index is 0.555. The van der Waals surface area contributed by atoms with E-state index in [2.05, 4.69) is 42.5 Å². The topological polar surface area (TPSA) is 18.5 Å². The standard InChI is InChI=1S/C26H30O2/c1-4-10-26(11-5-1)17-19-6-2-3-7-21(19)22-14-20(15-23(22)26)18-8-9-24-25(16-18)28-13-12-27-24/h2-3,6-9,16,20,22-23H,1,4-5,10-15,17H2/t20?,22-,23?/m0/s1. The lowest BCUT2D eigenvalue weighted by molar-refractivity contribution is 0.0752. The lowest BCUT2D eigenvalue weighted by Crippen LogP contribution is -2.40. The van der Waals surface area contributed by atoms with Crippen molar-refractivity contribution in [1.82, 2.24) is 0 Å². The van der Waals surface area contributed by atoms with Crippen molar-refractivity contribution in [3.05, 3.63) is 59.2 Å². The first-order valence-corrected chi connectivity index (χ1v) is 11.3. The van der Waals surface area contributed by atoms with Crippen LogP contribution >= 0.6 is 0 Å². The Bertz CT molecular complexity index is 880. The SMILES string of the molecule is c1ccc2c(c1)CC1(CCCCC1)C1CC(c3ccc4c(c3)OCCO4)C[C@@H]21. The van der Waals surface area contributed by atoms with Gasteiger partial charge in [-0.2, -0.15) is 0 Å². The van der Waals surface area contributed by atoms with Crippen LogP contribution < -0.4 is 9.47 Å². The van der Waals surface area contributed by atoms with Gasteiger partial charge in [-0.25, -0.2) is 0 Å². The molecule has 2 heteroatoms. The van der Waals surface area contributed by atoms with Crippen molar-refractivity contribution in [3.63, 3.8) is 0 Å². The third-order valence-corrected chi connectivity index (χ3v) is 8.23. The van der Waals surface area contributed by atoms with Crippen LogP contribution in [-0.2, 0) is 6.42 Å². The molecule has 0 aromatic heterocycles. The fourth-order valence-corrected chi connectivity index (χ4v) is 7.02. The molecule has 4 aliphatic rings. The fraction of sp³-hybridized carbons (Fsp3) is 0.538. The van der Waals surface area contributed by atoms with E-state index in [1.807, 2.05) is 0 Å². The Kier molecular flexibility index (Phi) is 3.96. The van der Waals surface area contributed by atoms with Crippen molar-refractivity contribution in [2.75, 3.05) is 13.2 Å². The molecule has 3 aliphatic carbocycles. The van der Waals surface area contributed by atoms with Crippen LogP contribution in [0.3, 0.4) is 0 Å². The molecule has 2 saturated carbocycles. The molecule has 0 N–H and O–H groups in total. The number of hydrogen-bond donors (Lipinski definition) is 0. The molecule has 1 spiro atoms. The van der Waals surface area contributed by atoms with Gasteiger partial charge in [-0.05, 0) is 84.1 Å². The second-order valence-corrected chi connectivity index (χ2v) is 9.58. The summed E-state index contributed by atoms with van der Waals surface area (Å²) in [6.45, 7) is 1.34. The molecule has 1 heterocycles. The zero-order valence-electron chi connectivity index (χ0n) is 16.7. The molecule has 0 saturated heterocycles. The van der Waals surface area contributed by atoms with Gasteiger partial charge in [0.2, 0.25) is 0 Å². The maximum Gasteiger partial charge on any atom is 0.161 e. The number of ether oxygens (including phenoxy) is 2. The molecule has 1 aliphatic heterocycles. The molecular weight excluding hydrogens is 344 g/mol. The summed E-state index contributed by atoms with van der Waals surface area (Å²) >= 11 is 0. The van der Waals surface area contributed by atoms with Crippen LogP contribution in [0.2, 0.25) is 0 Å². The molecule has 2 nitrogen and oxygen atoms in total. The predicted molar refractivity (Wildman–Crippen MR) is 111 cm³/mol. The monoisotopic (exact) mass is 374 g/mol. The number of fused-ring (bicyclic) bond motifs is 5. The van der Waals surface area contributed by atoms with Gasteiger partial charge in [0.1, 0.15) is 13.2 Å². The zero-order valence-corrected chi connectivity index (χ0v) is 16.7. The fourth-order valence-electron chi connectivity index (χ4n) is 7.02. The lowest BCUT2D eigenvalue weighted by Gasteiger charge is -2.49. The summed E-state index contributed by atoms with van der Waals surface area (Å²) in [7, 11) is 0. The average molecular weight is 375 g/mol. The quantitative estimate of drug-likeness (QED) is 0.588. The minimum absolute atomic E-state index is 0.555. The van der Waals surface area contributed by atoms with Crippen LogP contribution in [0.5, 0.6) is 11.5 Å². The Morgan fingerprint density at radius 3 is 2.54 bits per heavy atom. The summed E-state index contributed by atoms with van der Waals surface area (Å²) in [5.74, 6) is 4.10. The lowest BCUT2D eigenvalue weighted by atomic mass is 9.55. The van der Waals surface area contributed by atoms with Crippen LogP contribution in [0.4, 0.5) is 0 Å². The van der Waals surface area contributed by atoms with Gasteiger partial charge in [0.05, 0.1) is 0 Å². The summed E-state index contributed by atoms with van der Waals surface area (Å²) < 4.78 is 11.6. The first-order valence-electron chi connectivity index (χ1n) is 11.3. The van der Waals surface area contributed by atoms with Gasteiger partial charge in [0, 0.05) is 0 Å². The molecule has 0 radical (unpaired) electrons. The second kappa shape index (κ2) is 6.54. The van der Waals surface area contributed by atoms with E-state index in [1.165, 1.54) is 56.9 Å². The molecule has 2 aromatic carbocycles. The largest absolute Gasteiger partial charge is 0.486 e. The van der Waals surface area contributed by atoms with Crippen molar-refractivity contribution in [3.8, 4) is 11.5 Å². The number of benzene rings is 2. The number of hydrogen-bond acceptors (Lipinski definition) is 2. The third-order valence-electron chi connectivity index (χ3n) is 8.23. The van der Waals surface area contributed by atoms with Crippen molar-refractivity contribution >= 4 is 0 Å². The Morgan fingerprint density at radius 1 is 0.821 bits per heavy atom. The van der Waals surface area contributed by atoms with Crippen molar-refractivity contribution < 1.29 is 9.47 Å². The maximum absolute atomic E-state index is 5.88. The van der Waals surface area contributed by atoms with E-state index >= 15 is 0 Å². The maximum atomic E-state index is 5.88. The van der Waals surface area contributed by atoms with Crippen molar-refractivity contribution in [2.24, 2.45) is 11.3 Å². The minimum Gasteiger partial charge on any atom is -0.486 e. The van der Waals surface area contributed by atoms with E-state index < -0.39 is 0 Å². The Hall–Kier alpha value is -1.96. The van der Waals surface area contributed by atoms with Gasteiger partial charge < -0.3 is 9.47 Å². The molecule has 28 heavy (non-hydrogen) atoms. The number of rotatable bonds is 1. The summed E-state index contributed by atoms with van der Waals surface area (Å²) in [6.07, 6.45) is 11.1. The average Bonchev–Trinajstić information content (AvgIpc) is 3.21. The first kappa shape index (κ1) is 16.9. The van der Waals surface area contributed by atoms with Crippen molar-refractivity contribution in [2.45, 2.75) is 63.2 Å². The van der Waals surface area contributed by atoms with Gasteiger partial charge in [0.15, 0.2) is 11.5 Å². The molecule has 6 rings (SSSR count). The van der Waals surface area contributed by atoms with Crippen LogP contribution in [0.25, 0.3) is 0 Å². The van der Waals surface area contributed by atoms with Gasteiger partial charge in [-0.1, -0.05) is 49.6 Å². The van der Waals surface area contributed by atoms with Gasteiger partial charge >= 0.3 is 0 Å². The Labute approximate surface area is 168 Å². The normalized spacial score (nSPS) is 29.9. The first-order chi connectivity index (χ1) is 13.8. The highest BCUT2D eigenvalue weighted by Crippen LogP contribution is 2.63. The third kappa shape index (κ3) is 2.60.